The van der Waals surface area contributed by atoms with E-state index in [0.717, 1.165) is 60.4 Å². The lowest BCUT2D eigenvalue weighted by molar-refractivity contribution is 0.188. The molecule has 6 rings (SSSR count). The van der Waals surface area contributed by atoms with Gasteiger partial charge >= 0.3 is 0 Å². The summed E-state index contributed by atoms with van der Waals surface area (Å²) in [4.78, 5) is 27.6. The number of fused-ring (bicyclic) bond motifs is 3. The van der Waals surface area contributed by atoms with Crippen LogP contribution in [0.1, 0.15) is 17.8 Å². The summed E-state index contributed by atoms with van der Waals surface area (Å²) in [7, 11) is 1.70. The molecule has 0 radical (unpaired) electrons. The molecule has 0 aliphatic carbocycles. The summed E-state index contributed by atoms with van der Waals surface area (Å²) < 4.78 is 7.21. The molecule has 6 heterocycles. The molecular weight excluding hydrogens is 356 g/mol. The molecule has 0 spiro atoms. The van der Waals surface area contributed by atoms with E-state index in [-0.39, 0.29) is 0 Å². The van der Waals surface area contributed by atoms with Gasteiger partial charge in [-0.05, 0) is 26.3 Å². The molecule has 9 heteroatoms. The molecule has 28 heavy (non-hydrogen) atoms. The Balaban J connectivity index is 1.40. The number of piperazine rings is 1. The van der Waals surface area contributed by atoms with Gasteiger partial charge in [-0.25, -0.2) is 24.9 Å². The maximum atomic E-state index is 5.19. The predicted octanol–water partition coefficient (Wildman–Crippen LogP) is 1.35. The molecule has 3 aliphatic rings. The van der Waals surface area contributed by atoms with Crippen molar-refractivity contribution < 1.29 is 4.74 Å². The third-order valence-corrected chi connectivity index (χ3v) is 5.61. The lowest BCUT2D eigenvalue weighted by atomic mass is 9.87. The van der Waals surface area contributed by atoms with E-state index in [1.165, 1.54) is 0 Å². The van der Waals surface area contributed by atoms with Crippen molar-refractivity contribution in [1.29, 1.82) is 0 Å². The predicted molar refractivity (Wildman–Crippen MR) is 106 cm³/mol. The molecule has 2 atom stereocenters. The third-order valence-electron chi connectivity index (χ3n) is 5.61. The first-order chi connectivity index (χ1) is 13.6. The summed E-state index contributed by atoms with van der Waals surface area (Å²) >= 11 is 0. The lowest BCUT2D eigenvalue weighted by Crippen LogP contribution is -2.69. The Labute approximate surface area is 163 Å². The largest absolute Gasteiger partial charge is 0.383 e. The number of imidazole rings is 1. The molecule has 0 amide bonds. The number of ether oxygens (including phenoxy) is 1. The number of hydrogen-bond acceptors (Lipinski definition) is 8. The highest BCUT2D eigenvalue weighted by atomic mass is 16.5. The van der Waals surface area contributed by atoms with Crippen molar-refractivity contribution >= 4 is 22.9 Å². The van der Waals surface area contributed by atoms with Crippen molar-refractivity contribution in [3.05, 3.63) is 30.1 Å². The number of aryl methyl sites for hydroxylation is 2. The van der Waals surface area contributed by atoms with Gasteiger partial charge in [0.15, 0.2) is 17.0 Å². The normalized spacial score (nSPS) is 21.2. The van der Waals surface area contributed by atoms with E-state index in [0.29, 0.717) is 18.7 Å². The highest BCUT2D eigenvalue weighted by molar-refractivity contribution is 5.84. The highest BCUT2D eigenvalue weighted by Crippen LogP contribution is 2.39. The van der Waals surface area contributed by atoms with Gasteiger partial charge in [-0.2, -0.15) is 0 Å². The zero-order chi connectivity index (χ0) is 19.3. The summed E-state index contributed by atoms with van der Waals surface area (Å²) in [5, 5.41) is 0. The van der Waals surface area contributed by atoms with Crippen molar-refractivity contribution in [3.63, 3.8) is 0 Å². The van der Waals surface area contributed by atoms with Gasteiger partial charge in [-0.1, -0.05) is 0 Å². The van der Waals surface area contributed by atoms with E-state index < -0.39 is 0 Å². The molecule has 0 aromatic carbocycles. The Hall–Kier alpha value is -2.81. The van der Waals surface area contributed by atoms with Crippen molar-refractivity contribution in [2.75, 3.05) is 36.6 Å². The monoisotopic (exact) mass is 380 g/mol. The quantitative estimate of drug-likeness (QED) is 0.656. The number of anilines is 2. The van der Waals surface area contributed by atoms with E-state index in [1.54, 1.807) is 13.4 Å². The second-order valence-electron chi connectivity index (χ2n) is 7.61. The molecule has 3 aromatic heterocycles. The van der Waals surface area contributed by atoms with Gasteiger partial charge in [0, 0.05) is 38.1 Å². The molecule has 9 nitrogen and oxygen atoms in total. The minimum absolute atomic E-state index is 0.394. The standard InChI is InChI=1S/C19H24N8O/c1-12-6-13(2)24-19(23-12)26-8-14-7-15(9-26)27(14)18-16-17(20-10-21-18)25(11-22-16)4-5-28-3/h6,10-11,14-15H,4-5,7-9H2,1-3H3. The Bertz CT molecular complexity index is 986. The number of hydrogen-bond donors (Lipinski definition) is 0. The Kier molecular flexibility index (Phi) is 4.12. The molecule has 3 fully saturated rings. The van der Waals surface area contributed by atoms with Crippen molar-refractivity contribution in [2.24, 2.45) is 0 Å². The summed E-state index contributed by atoms with van der Waals surface area (Å²) in [5.74, 6) is 1.77. The fourth-order valence-electron chi connectivity index (χ4n) is 4.38. The van der Waals surface area contributed by atoms with Crippen LogP contribution in [0.3, 0.4) is 0 Å². The highest BCUT2D eigenvalue weighted by Gasteiger charge is 2.46. The molecular formula is C19H24N8O. The zero-order valence-electron chi connectivity index (χ0n) is 16.4. The molecule has 2 unspecified atom stereocenters. The van der Waals surface area contributed by atoms with Crippen LogP contribution in [0.2, 0.25) is 0 Å². The zero-order valence-corrected chi connectivity index (χ0v) is 16.4. The fraction of sp³-hybridized carbons (Fsp3) is 0.526. The number of rotatable bonds is 5. The molecule has 3 saturated heterocycles. The molecule has 3 aliphatic heterocycles. The second kappa shape index (κ2) is 6.66. The van der Waals surface area contributed by atoms with Crippen LogP contribution in [0.4, 0.5) is 11.8 Å². The van der Waals surface area contributed by atoms with Crippen LogP contribution < -0.4 is 9.80 Å². The number of aromatic nitrogens is 6. The van der Waals surface area contributed by atoms with Gasteiger partial charge in [-0.15, -0.1) is 0 Å². The minimum Gasteiger partial charge on any atom is -0.383 e. The molecule has 0 N–H and O–H groups in total. The first-order valence-corrected chi connectivity index (χ1v) is 9.64. The number of nitrogens with zero attached hydrogens (tertiary/aromatic N) is 8. The SMILES string of the molecule is COCCn1cnc2c(N3C4CC3CN(c3nc(C)cc(C)n3)C4)ncnc21. The average molecular weight is 380 g/mol. The minimum atomic E-state index is 0.394. The van der Waals surface area contributed by atoms with Gasteiger partial charge in [-0.3, -0.25) is 0 Å². The van der Waals surface area contributed by atoms with Crippen LogP contribution >= 0.6 is 0 Å². The Morgan fingerprint density at radius 1 is 1.07 bits per heavy atom. The van der Waals surface area contributed by atoms with Crippen LogP contribution in [0, 0.1) is 13.8 Å². The van der Waals surface area contributed by atoms with Gasteiger partial charge in [0.05, 0.1) is 25.0 Å². The topological polar surface area (TPSA) is 85.1 Å². The summed E-state index contributed by atoms with van der Waals surface area (Å²) in [6.45, 7) is 7.20. The van der Waals surface area contributed by atoms with Gasteiger partial charge in [0.2, 0.25) is 5.95 Å². The van der Waals surface area contributed by atoms with E-state index >= 15 is 0 Å². The van der Waals surface area contributed by atoms with E-state index in [1.807, 2.05) is 30.8 Å². The van der Waals surface area contributed by atoms with E-state index in [9.17, 15) is 0 Å². The fourth-order valence-corrected chi connectivity index (χ4v) is 4.38. The van der Waals surface area contributed by atoms with Crippen molar-refractivity contribution in [3.8, 4) is 0 Å². The maximum Gasteiger partial charge on any atom is 0.225 e. The summed E-state index contributed by atoms with van der Waals surface area (Å²) in [6.07, 6.45) is 4.63. The Morgan fingerprint density at radius 2 is 1.82 bits per heavy atom. The lowest BCUT2D eigenvalue weighted by Gasteiger charge is -2.56. The first-order valence-electron chi connectivity index (χ1n) is 9.64. The van der Waals surface area contributed by atoms with Crippen molar-refractivity contribution in [2.45, 2.75) is 38.9 Å². The average Bonchev–Trinajstić information content (AvgIpc) is 3.10. The smallest absolute Gasteiger partial charge is 0.225 e. The van der Waals surface area contributed by atoms with Crippen molar-refractivity contribution in [1.82, 2.24) is 29.5 Å². The first kappa shape index (κ1) is 17.3. The maximum absolute atomic E-state index is 5.19. The summed E-state index contributed by atoms with van der Waals surface area (Å²) in [6, 6.07) is 2.80. The molecule has 2 bridgehead atoms. The van der Waals surface area contributed by atoms with Crippen LogP contribution in [-0.2, 0) is 11.3 Å². The van der Waals surface area contributed by atoms with Gasteiger partial charge < -0.3 is 19.1 Å². The number of piperidine rings is 1. The van der Waals surface area contributed by atoms with E-state index in [4.69, 9.17) is 4.74 Å². The third kappa shape index (κ3) is 2.77. The summed E-state index contributed by atoms with van der Waals surface area (Å²) in [5.41, 5.74) is 3.75. The Morgan fingerprint density at radius 3 is 2.54 bits per heavy atom. The van der Waals surface area contributed by atoms with E-state index in [2.05, 4.69) is 34.7 Å². The van der Waals surface area contributed by atoms with Crippen LogP contribution in [-0.4, -0.2) is 68.4 Å². The molecule has 146 valence electrons. The molecule has 0 saturated carbocycles. The van der Waals surface area contributed by atoms with Crippen LogP contribution in [0.25, 0.3) is 11.2 Å². The van der Waals surface area contributed by atoms with Gasteiger partial charge in [0.1, 0.15) is 6.33 Å². The second-order valence-corrected chi connectivity index (χ2v) is 7.61. The van der Waals surface area contributed by atoms with Crippen LogP contribution in [0.5, 0.6) is 0 Å². The van der Waals surface area contributed by atoms with Crippen LogP contribution in [0.15, 0.2) is 18.7 Å². The number of methoxy groups -OCH3 is 1. The van der Waals surface area contributed by atoms with Gasteiger partial charge in [0.25, 0.3) is 0 Å². The molecule has 3 aromatic rings.